The van der Waals surface area contributed by atoms with Gasteiger partial charge in [-0.1, -0.05) is 32.0 Å². The van der Waals surface area contributed by atoms with Crippen LogP contribution < -0.4 is 0 Å². The quantitative estimate of drug-likeness (QED) is 0.708. The summed E-state index contributed by atoms with van der Waals surface area (Å²) in [6, 6.07) is 9.53. The molecule has 1 aromatic rings. The maximum absolute atomic E-state index is 11.9. The molecule has 1 rings (SSSR count). The molecule has 0 saturated heterocycles. The summed E-state index contributed by atoms with van der Waals surface area (Å²) in [7, 11) is 0. The molecule has 0 atom stereocenters. The standard InChI is InChI=1S/C15H20NO3/c1-3-10-16(11-4-2)14(17)12-19-15(18)13-8-6-5-7-9-13/h5-8H,3-4,10-12H2,1-2H3. The molecule has 0 aromatic heterocycles. The Morgan fingerprint density at radius 2 is 1.89 bits per heavy atom. The molecule has 0 aliphatic carbocycles. The van der Waals surface area contributed by atoms with E-state index < -0.39 is 5.97 Å². The zero-order chi connectivity index (χ0) is 14.1. The SMILES string of the molecule is CCCN(CCC)C(=O)COC(=O)c1[c]cccc1. The van der Waals surface area contributed by atoms with Crippen molar-refractivity contribution in [3.63, 3.8) is 0 Å². The van der Waals surface area contributed by atoms with Crippen molar-refractivity contribution < 1.29 is 14.3 Å². The summed E-state index contributed by atoms with van der Waals surface area (Å²) < 4.78 is 5.00. The van der Waals surface area contributed by atoms with Gasteiger partial charge in [0.15, 0.2) is 6.61 Å². The van der Waals surface area contributed by atoms with Crippen LogP contribution in [0.3, 0.4) is 0 Å². The van der Waals surface area contributed by atoms with E-state index in [0.29, 0.717) is 18.7 Å². The van der Waals surface area contributed by atoms with Gasteiger partial charge in [-0.2, -0.15) is 0 Å². The lowest BCUT2D eigenvalue weighted by Gasteiger charge is -2.21. The Hall–Kier alpha value is -1.84. The van der Waals surface area contributed by atoms with E-state index in [1.807, 2.05) is 13.8 Å². The van der Waals surface area contributed by atoms with Crippen LogP contribution in [0.15, 0.2) is 24.3 Å². The number of carbonyl (C=O) groups is 2. The summed E-state index contributed by atoms with van der Waals surface area (Å²) in [4.78, 5) is 25.3. The molecule has 0 spiro atoms. The molecule has 1 radical (unpaired) electrons. The minimum absolute atomic E-state index is 0.145. The molecule has 103 valence electrons. The number of nitrogens with zero attached hydrogens (tertiary/aromatic N) is 1. The minimum Gasteiger partial charge on any atom is -0.452 e. The van der Waals surface area contributed by atoms with E-state index in [4.69, 9.17) is 4.74 Å². The molecule has 0 saturated carbocycles. The Labute approximate surface area is 114 Å². The first-order valence-electron chi connectivity index (χ1n) is 6.60. The van der Waals surface area contributed by atoms with E-state index in [1.165, 1.54) is 0 Å². The fourth-order valence-corrected chi connectivity index (χ4v) is 1.72. The predicted octanol–water partition coefficient (Wildman–Crippen LogP) is 2.29. The van der Waals surface area contributed by atoms with Crippen LogP contribution in [0.25, 0.3) is 0 Å². The lowest BCUT2D eigenvalue weighted by molar-refractivity contribution is -0.134. The highest BCUT2D eigenvalue weighted by molar-refractivity contribution is 5.90. The van der Waals surface area contributed by atoms with Crippen LogP contribution in [-0.4, -0.2) is 36.5 Å². The topological polar surface area (TPSA) is 46.6 Å². The average molecular weight is 262 g/mol. The zero-order valence-electron chi connectivity index (χ0n) is 11.5. The molecule has 1 amide bonds. The highest BCUT2D eigenvalue weighted by Gasteiger charge is 2.15. The molecule has 19 heavy (non-hydrogen) atoms. The molecule has 0 bridgehead atoms. The summed E-state index contributed by atoms with van der Waals surface area (Å²) >= 11 is 0. The summed E-state index contributed by atoms with van der Waals surface area (Å²) in [6.45, 7) is 5.21. The van der Waals surface area contributed by atoms with Gasteiger partial charge in [0.25, 0.3) is 5.91 Å². The Morgan fingerprint density at radius 3 is 2.42 bits per heavy atom. The number of benzene rings is 1. The Morgan fingerprint density at radius 1 is 1.21 bits per heavy atom. The Balaban J connectivity index is 2.46. The third kappa shape index (κ3) is 5.12. The van der Waals surface area contributed by atoms with Gasteiger partial charge < -0.3 is 9.64 Å². The van der Waals surface area contributed by atoms with Gasteiger partial charge in [-0.15, -0.1) is 0 Å². The number of esters is 1. The second kappa shape index (κ2) is 8.29. The van der Waals surface area contributed by atoms with Gasteiger partial charge in [0.05, 0.1) is 5.56 Å². The molecule has 0 aliphatic heterocycles. The first-order valence-corrected chi connectivity index (χ1v) is 6.60. The molecule has 0 aliphatic rings. The summed E-state index contributed by atoms with van der Waals surface area (Å²) in [5.41, 5.74) is 0.341. The van der Waals surface area contributed by atoms with Gasteiger partial charge in [0, 0.05) is 13.1 Å². The molecule has 4 heteroatoms. The summed E-state index contributed by atoms with van der Waals surface area (Å²) in [5.74, 6) is -0.658. The van der Waals surface area contributed by atoms with Crippen LogP contribution in [-0.2, 0) is 9.53 Å². The van der Waals surface area contributed by atoms with Crippen molar-refractivity contribution in [3.05, 3.63) is 35.9 Å². The summed E-state index contributed by atoms with van der Waals surface area (Å²) in [6.07, 6.45) is 1.79. The predicted molar refractivity (Wildman–Crippen MR) is 72.7 cm³/mol. The molecule has 0 fully saturated rings. The molecular formula is C15H20NO3. The third-order valence-corrected chi connectivity index (χ3v) is 2.60. The lowest BCUT2D eigenvalue weighted by Crippen LogP contribution is -2.35. The van der Waals surface area contributed by atoms with Crippen molar-refractivity contribution in [2.24, 2.45) is 0 Å². The second-order valence-electron chi connectivity index (χ2n) is 4.23. The number of carbonyl (C=O) groups excluding carboxylic acids is 2. The number of hydrogen-bond donors (Lipinski definition) is 0. The van der Waals surface area contributed by atoms with Gasteiger partial charge in [-0.25, -0.2) is 4.79 Å². The first kappa shape index (κ1) is 15.2. The molecular weight excluding hydrogens is 242 g/mol. The maximum Gasteiger partial charge on any atom is 0.339 e. The summed E-state index contributed by atoms with van der Waals surface area (Å²) in [5, 5.41) is 0. The minimum atomic E-state index is -0.512. The van der Waals surface area contributed by atoms with Gasteiger partial charge in [-0.3, -0.25) is 4.79 Å². The highest BCUT2D eigenvalue weighted by Crippen LogP contribution is 2.02. The van der Waals surface area contributed by atoms with Crippen LogP contribution in [0, 0.1) is 6.07 Å². The molecule has 0 N–H and O–H groups in total. The van der Waals surface area contributed by atoms with Crippen LogP contribution in [0.5, 0.6) is 0 Å². The van der Waals surface area contributed by atoms with Crippen molar-refractivity contribution in [1.29, 1.82) is 0 Å². The zero-order valence-corrected chi connectivity index (χ0v) is 11.5. The fraction of sp³-hybridized carbons (Fsp3) is 0.467. The normalized spacial score (nSPS) is 10.0. The van der Waals surface area contributed by atoms with Crippen molar-refractivity contribution in [2.75, 3.05) is 19.7 Å². The Bertz CT molecular complexity index is 397. The lowest BCUT2D eigenvalue weighted by atomic mass is 10.2. The largest absolute Gasteiger partial charge is 0.452 e. The van der Waals surface area contributed by atoms with E-state index in [2.05, 4.69) is 6.07 Å². The van der Waals surface area contributed by atoms with Crippen molar-refractivity contribution >= 4 is 11.9 Å². The fourth-order valence-electron chi connectivity index (χ4n) is 1.72. The van der Waals surface area contributed by atoms with E-state index in [9.17, 15) is 9.59 Å². The van der Waals surface area contributed by atoms with E-state index in [1.54, 1.807) is 29.2 Å². The molecule has 0 heterocycles. The molecule has 4 nitrogen and oxygen atoms in total. The van der Waals surface area contributed by atoms with Gasteiger partial charge in [0.1, 0.15) is 0 Å². The van der Waals surface area contributed by atoms with Crippen molar-refractivity contribution in [1.82, 2.24) is 4.90 Å². The smallest absolute Gasteiger partial charge is 0.339 e. The van der Waals surface area contributed by atoms with E-state index in [0.717, 1.165) is 12.8 Å². The number of ether oxygens (including phenoxy) is 1. The van der Waals surface area contributed by atoms with Gasteiger partial charge in [-0.05, 0) is 25.0 Å². The van der Waals surface area contributed by atoms with Crippen LogP contribution >= 0.6 is 0 Å². The Kier molecular flexibility index (Phi) is 6.64. The van der Waals surface area contributed by atoms with E-state index in [-0.39, 0.29) is 12.5 Å². The van der Waals surface area contributed by atoms with Gasteiger partial charge >= 0.3 is 5.97 Å². The van der Waals surface area contributed by atoms with Crippen molar-refractivity contribution in [3.8, 4) is 0 Å². The van der Waals surface area contributed by atoms with Crippen molar-refractivity contribution in [2.45, 2.75) is 26.7 Å². The van der Waals surface area contributed by atoms with Crippen LogP contribution in [0.2, 0.25) is 0 Å². The van der Waals surface area contributed by atoms with E-state index >= 15 is 0 Å². The van der Waals surface area contributed by atoms with Gasteiger partial charge in [0.2, 0.25) is 0 Å². The number of amides is 1. The molecule has 0 unspecified atom stereocenters. The maximum atomic E-state index is 11.9. The third-order valence-electron chi connectivity index (χ3n) is 2.60. The first-order chi connectivity index (χ1) is 9.19. The number of rotatable bonds is 7. The van der Waals surface area contributed by atoms with Crippen LogP contribution in [0.1, 0.15) is 37.0 Å². The molecule has 1 aromatic carbocycles. The second-order valence-corrected chi connectivity index (χ2v) is 4.23. The van der Waals surface area contributed by atoms with Crippen LogP contribution in [0.4, 0.5) is 0 Å². The average Bonchev–Trinajstić information content (AvgIpc) is 2.45. The number of hydrogen-bond acceptors (Lipinski definition) is 3. The highest BCUT2D eigenvalue weighted by atomic mass is 16.5. The monoisotopic (exact) mass is 262 g/mol.